The van der Waals surface area contributed by atoms with Crippen LogP contribution in [0.2, 0.25) is 0 Å². The van der Waals surface area contributed by atoms with E-state index < -0.39 is 0 Å². The second kappa shape index (κ2) is 11.1. The third-order valence-electron chi connectivity index (χ3n) is 5.38. The molecule has 0 saturated carbocycles. The standard InChI is InChI=1S/C25H45NO/c1-8-10-12-16-26(17-13-11-9-2)19-21-18-22(14-15-23(21)27)25(6,7)20-24(3,4)5/h14-15,18,27H,8-13,16-17,19-20H2,1-7H3. The van der Waals surface area contributed by atoms with Gasteiger partial charge in [0, 0.05) is 12.1 Å². The maximum Gasteiger partial charge on any atom is 0.120 e. The first kappa shape index (κ1) is 24.0. The van der Waals surface area contributed by atoms with Crippen molar-refractivity contribution in [2.24, 2.45) is 5.41 Å². The zero-order valence-corrected chi connectivity index (χ0v) is 19.2. The molecule has 0 spiro atoms. The van der Waals surface area contributed by atoms with Gasteiger partial charge >= 0.3 is 0 Å². The van der Waals surface area contributed by atoms with E-state index in [1.54, 1.807) is 0 Å². The minimum Gasteiger partial charge on any atom is -0.508 e. The topological polar surface area (TPSA) is 23.5 Å². The molecule has 1 rings (SSSR count). The van der Waals surface area contributed by atoms with Crippen LogP contribution in [0.3, 0.4) is 0 Å². The molecule has 0 fully saturated rings. The number of rotatable bonds is 12. The lowest BCUT2D eigenvalue weighted by atomic mass is 9.72. The summed E-state index contributed by atoms with van der Waals surface area (Å²) < 4.78 is 0. The number of benzene rings is 1. The van der Waals surface area contributed by atoms with E-state index in [-0.39, 0.29) is 10.8 Å². The predicted molar refractivity (Wildman–Crippen MR) is 120 cm³/mol. The second-order valence-electron chi connectivity index (χ2n) is 10.2. The fourth-order valence-electron chi connectivity index (χ4n) is 4.24. The zero-order chi connectivity index (χ0) is 20.5. The molecule has 0 aliphatic carbocycles. The summed E-state index contributed by atoms with van der Waals surface area (Å²) in [6.45, 7) is 19.2. The first-order valence-corrected chi connectivity index (χ1v) is 11.1. The molecule has 156 valence electrons. The van der Waals surface area contributed by atoms with Gasteiger partial charge in [-0.05, 0) is 54.8 Å². The maximum atomic E-state index is 10.5. The minimum atomic E-state index is 0.107. The molecule has 0 heterocycles. The molecule has 27 heavy (non-hydrogen) atoms. The Labute approximate surface area is 169 Å². The normalized spacial score (nSPS) is 12.7. The van der Waals surface area contributed by atoms with E-state index in [0.29, 0.717) is 5.75 Å². The average Bonchev–Trinajstić information content (AvgIpc) is 2.54. The molecule has 0 saturated heterocycles. The van der Waals surface area contributed by atoms with Gasteiger partial charge in [-0.1, -0.05) is 86.3 Å². The van der Waals surface area contributed by atoms with E-state index in [4.69, 9.17) is 0 Å². The first-order chi connectivity index (χ1) is 12.6. The van der Waals surface area contributed by atoms with Crippen LogP contribution in [0.4, 0.5) is 0 Å². The molecule has 0 atom stereocenters. The number of nitrogens with zero attached hydrogens (tertiary/aromatic N) is 1. The summed E-state index contributed by atoms with van der Waals surface area (Å²) in [6.07, 6.45) is 8.71. The Kier molecular flexibility index (Phi) is 9.87. The molecule has 2 heteroatoms. The van der Waals surface area contributed by atoms with E-state index in [0.717, 1.165) is 31.6 Å². The van der Waals surface area contributed by atoms with E-state index in [9.17, 15) is 5.11 Å². The van der Waals surface area contributed by atoms with Crippen molar-refractivity contribution in [3.8, 4) is 5.75 Å². The quantitative estimate of drug-likeness (QED) is 0.388. The fourth-order valence-corrected chi connectivity index (χ4v) is 4.24. The molecule has 1 aromatic rings. The zero-order valence-electron chi connectivity index (χ0n) is 19.2. The second-order valence-corrected chi connectivity index (χ2v) is 10.2. The third-order valence-corrected chi connectivity index (χ3v) is 5.38. The summed E-state index contributed by atoms with van der Waals surface area (Å²) in [4.78, 5) is 2.54. The van der Waals surface area contributed by atoms with Gasteiger partial charge in [-0.2, -0.15) is 0 Å². The van der Waals surface area contributed by atoms with Gasteiger partial charge in [0.05, 0.1) is 0 Å². The molecule has 0 bridgehead atoms. The number of unbranched alkanes of at least 4 members (excludes halogenated alkanes) is 4. The average molecular weight is 376 g/mol. The summed E-state index contributed by atoms with van der Waals surface area (Å²) in [5.74, 6) is 0.446. The van der Waals surface area contributed by atoms with Crippen molar-refractivity contribution >= 4 is 0 Å². The van der Waals surface area contributed by atoms with Crippen LogP contribution in [0.25, 0.3) is 0 Å². The molecule has 1 N–H and O–H groups in total. The van der Waals surface area contributed by atoms with E-state index in [1.807, 2.05) is 6.07 Å². The highest BCUT2D eigenvalue weighted by Gasteiger charge is 2.28. The molecule has 0 aliphatic heterocycles. The number of phenols is 1. The van der Waals surface area contributed by atoms with Gasteiger partial charge in [-0.25, -0.2) is 0 Å². The minimum absolute atomic E-state index is 0.107. The van der Waals surface area contributed by atoms with Gasteiger partial charge < -0.3 is 5.11 Å². The van der Waals surface area contributed by atoms with Crippen LogP contribution in [0.5, 0.6) is 5.75 Å². The Morgan fingerprint density at radius 2 is 1.41 bits per heavy atom. The molecule has 1 aromatic carbocycles. The predicted octanol–water partition coefficient (Wildman–Crippen LogP) is 7.29. The summed E-state index contributed by atoms with van der Waals surface area (Å²) in [5, 5.41) is 10.5. The van der Waals surface area contributed by atoms with Gasteiger partial charge in [-0.15, -0.1) is 0 Å². The highest BCUT2D eigenvalue weighted by atomic mass is 16.3. The number of phenolic OH excluding ortho intramolecular Hbond substituents is 1. The Balaban J connectivity index is 2.94. The van der Waals surface area contributed by atoms with Crippen LogP contribution >= 0.6 is 0 Å². The SMILES string of the molecule is CCCCCN(CCCCC)Cc1cc(C(C)(C)CC(C)(C)C)ccc1O. The van der Waals surface area contributed by atoms with Crippen molar-refractivity contribution in [3.63, 3.8) is 0 Å². The third kappa shape index (κ3) is 9.14. The Morgan fingerprint density at radius 3 is 1.89 bits per heavy atom. The van der Waals surface area contributed by atoms with Crippen molar-refractivity contribution in [2.75, 3.05) is 13.1 Å². The van der Waals surface area contributed by atoms with Gasteiger partial charge in [-0.3, -0.25) is 4.90 Å². The lowest BCUT2D eigenvalue weighted by molar-refractivity contribution is 0.250. The van der Waals surface area contributed by atoms with Crippen LogP contribution < -0.4 is 0 Å². The lowest BCUT2D eigenvalue weighted by Crippen LogP contribution is -2.27. The van der Waals surface area contributed by atoms with E-state index >= 15 is 0 Å². The van der Waals surface area contributed by atoms with Crippen LogP contribution in [-0.2, 0) is 12.0 Å². The maximum absolute atomic E-state index is 10.5. The number of hydrogen-bond acceptors (Lipinski definition) is 2. The van der Waals surface area contributed by atoms with Gasteiger partial charge in [0.1, 0.15) is 5.75 Å². The number of hydrogen-bond donors (Lipinski definition) is 1. The van der Waals surface area contributed by atoms with Crippen LogP contribution in [-0.4, -0.2) is 23.1 Å². The van der Waals surface area contributed by atoms with Crippen molar-refractivity contribution in [2.45, 2.75) is 105 Å². The Morgan fingerprint density at radius 1 is 0.852 bits per heavy atom. The largest absolute Gasteiger partial charge is 0.508 e. The Bertz CT molecular complexity index is 532. The smallest absolute Gasteiger partial charge is 0.120 e. The molecule has 0 radical (unpaired) electrons. The molecule has 0 aromatic heterocycles. The molecule has 2 nitrogen and oxygen atoms in total. The molecular formula is C25H45NO. The summed E-state index contributed by atoms with van der Waals surface area (Å²) in [6, 6.07) is 6.28. The van der Waals surface area contributed by atoms with Gasteiger partial charge in [0.15, 0.2) is 0 Å². The van der Waals surface area contributed by atoms with E-state index in [2.05, 4.69) is 65.5 Å². The fraction of sp³-hybridized carbons (Fsp3) is 0.760. The first-order valence-electron chi connectivity index (χ1n) is 11.1. The van der Waals surface area contributed by atoms with Crippen molar-refractivity contribution in [1.29, 1.82) is 0 Å². The molecular weight excluding hydrogens is 330 g/mol. The van der Waals surface area contributed by atoms with Crippen molar-refractivity contribution in [1.82, 2.24) is 4.90 Å². The molecule has 0 unspecified atom stereocenters. The number of aromatic hydroxyl groups is 1. The highest BCUT2D eigenvalue weighted by Crippen LogP contribution is 2.37. The Hall–Kier alpha value is -1.02. The van der Waals surface area contributed by atoms with Gasteiger partial charge in [0.2, 0.25) is 0 Å². The lowest BCUT2D eigenvalue weighted by Gasteiger charge is -2.33. The highest BCUT2D eigenvalue weighted by molar-refractivity contribution is 5.39. The summed E-state index contributed by atoms with van der Waals surface area (Å²) >= 11 is 0. The van der Waals surface area contributed by atoms with Crippen LogP contribution in [0.15, 0.2) is 18.2 Å². The molecule has 0 aliphatic rings. The van der Waals surface area contributed by atoms with Crippen molar-refractivity contribution in [3.05, 3.63) is 29.3 Å². The van der Waals surface area contributed by atoms with E-state index in [1.165, 1.54) is 44.1 Å². The monoisotopic (exact) mass is 375 g/mol. The summed E-state index contributed by atoms with van der Waals surface area (Å²) in [5.41, 5.74) is 2.82. The van der Waals surface area contributed by atoms with Gasteiger partial charge in [0.25, 0.3) is 0 Å². The van der Waals surface area contributed by atoms with Crippen LogP contribution in [0, 0.1) is 5.41 Å². The molecule has 0 amide bonds. The van der Waals surface area contributed by atoms with Crippen molar-refractivity contribution < 1.29 is 5.11 Å². The summed E-state index contributed by atoms with van der Waals surface area (Å²) in [7, 11) is 0. The van der Waals surface area contributed by atoms with Crippen LogP contribution in [0.1, 0.15) is 105 Å².